The molecule has 4 aromatic rings. The molecule has 0 aromatic heterocycles. The number of ether oxygens (including phenoxy) is 9. The monoisotopic (exact) mass is 716 g/mol. The highest BCUT2D eigenvalue weighted by Crippen LogP contribution is 2.51. The number of aliphatic hydroxyl groups excluding tert-OH is 2. The van der Waals surface area contributed by atoms with E-state index >= 15 is 0 Å². The van der Waals surface area contributed by atoms with Crippen molar-refractivity contribution in [1.29, 1.82) is 0 Å². The minimum atomic E-state index is -0.930. The van der Waals surface area contributed by atoms with E-state index in [1.165, 1.54) is 0 Å². The van der Waals surface area contributed by atoms with E-state index in [-0.39, 0.29) is 30.8 Å². The topological polar surface area (TPSA) is 124 Å². The van der Waals surface area contributed by atoms with Crippen LogP contribution in [0.2, 0.25) is 0 Å². The first kappa shape index (κ1) is 36.9. The van der Waals surface area contributed by atoms with Gasteiger partial charge in [0.15, 0.2) is 46.0 Å². The number of hydrogen-bond acceptors (Lipinski definition) is 11. The van der Waals surface area contributed by atoms with Crippen LogP contribution in [-0.4, -0.2) is 57.7 Å². The number of methoxy groups -OCH3 is 4. The molecule has 2 aliphatic rings. The molecule has 2 heterocycles. The number of fused-ring (bicyclic) bond motifs is 1. The fourth-order valence-electron chi connectivity index (χ4n) is 6.84. The molecule has 0 aliphatic carbocycles. The number of aliphatic hydroxyl groups is 2. The summed E-state index contributed by atoms with van der Waals surface area (Å²) in [5.41, 5.74) is 3.22. The van der Waals surface area contributed by atoms with Crippen molar-refractivity contribution >= 4 is 0 Å². The van der Waals surface area contributed by atoms with Crippen molar-refractivity contribution < 1.29 is 52.8 Å². The molecule has 0 spiro atoms. The van der Waals surface area contributed by atoms with Crippen molar-refractivity contribution in [3.8, 4) is 46.0 Å². The normalized spacial score (nSPS) is 21.5. The number of rotatable bonds is 14. The molecular weight excluding hydrogens is 668 g/mol. The number of benzene rings is 4. The summed E-state index contributed by atoms with van der Waals surface area (Å²) in [5.74, 6) is 4.80. The van der Waals surface area contributed by atoms with Gasteiger partial charge in [-0.25, -0.2) is 0 Å². The van der Waals surface area contributed by atoms with Crippen LogP contribution in [0.1, 0.15) is 74.4 Å². The van der Waals surface area contributed by atoms with Gasteiger partial charge < -0.3 is 52.8 Å². The van der Waals surface area contributed by atoms with Gasteiger partial charge in [0, 0.05) is 0 Å². The van der Waals surface area contributed by atoms with Crippen LogP contribution in [0.5, 0.6) is 46.0 Å². The molecule has 11 nitrogen and oxygen atoms in total. The minimum Gasteiger partial charge on any atom is -0.493 e. The molecule has 1 fully saturated rings. The molecule has 11 heteroatoms. The SMILES string of the molecule is COc1ccc([C@@H](O)[C@H](C)Oc2ccc([C@@H]3O[C@@H](c4ccc(O[C@H](C)[C@H](O)c5ccc6c(c5)OCO6)c(OC)c4)[C@H](C)[C@H]3C)cc2OC)cc1OC. The van der Waals surface area contributed by atoms with Crippen molar-refractivity contribution in [2.75, 3.05) is 35.2 Å². The van der Waals surface area contributed by atoms with E-state index in [0.29, 0.717) is 57.1 Å². The van der Waals surface area contributed by atoms with Crippen LogP contribution in [0.25, 0.3) is 0 Å². The van der Waals surface area contributed by atoms with Crippen LogP contribution in [-0.2, 0) is 4.74 Å². The molecule has 0 radical (unpaired) electrons. The summed E-state index contributed by atoms with van der Waals surface area (Å²) in [6, 6.07) is 22.2. The lowest BCUT2D eigenvalue weighted by Crippen LogP contribution is -2.22. The summed E-state index contributed by atoms with van der Waals surface area (Å²) in [7, 11) is 6.31. The van der Waals surface area contributed by atoms with Gasteiger partial charge in [0.1, 0.15) is 24.4 Å². The van der Waals surface area contributed by atoms with E-state index in [1.54, 1.807) is 71.8 Å². The van der Waals surface area contributed by atoms with E-state index in [0.717, 1.165) is 11.1 Å². The summed E-state index contributed by atoms with van der Waals surface area (Å²) in [4.78, 5) is 0. The third-order valence-electron chi connectivity index (χ3n) is 10.1. The molecule has 6 rings (SSSR count). The third-order valence-corrected chi connectivity index (χ3v) is 10.1. The average Bonchev–Trinajstić information content (AvgIpc) is 3.77. The first-order valence-electron chi connectivity index (χ1n) is 17.4. The standard InChI is InChI=1S/C41H48O11/c1-22-23(2)41(29-12-16-33(36(20-29)47-8)51-25(4)39(43)27-10-14-31-37(18-27)49-21-48-31)52-40(22)28-11-15-32(35(19-28)46-7)50-24(3)38(42)26-9-13-30(44-5)34(17-26)45-6/h9-20,22-25,38-43H,21H2,1-8H3/t22-,23-,24+,25-,38+,39+,40-,41-/m1/s1. The van der Waals surface area contributed by atoms with Gasteiger partial charge in [-0.2, -0.15) is 0 Å². The first-order chi connectivity index (χ1) is 25.1. The Bertz CT molecular complexity index is 1840. The van der Waals surface area contributed by atoms with E-state index in [2.05, 4.69) is 13.8 Å². The average molecular weight is 717 g/mol. The zero-order valence-corrected chi connectivity index (χ0v) is 30.8. The molecule has 4 aromatic carbocycles. The largest absolute Gasteiger partial charge is 0.493 e. The molecule has 0 unspecified atom stereocenters. The molecule has 0 bridgehead atoms. The quantitative estimate of drug-likeness (QED) is 0.135. The second-order valence-corrected chi connectivity index (χ2v) is 13.3. The van der Waals surface area contributed by atoms with Crippen molar-refractivity contribution in [2.24, 2.45) is 11.8 Å². The van der Waals surface area contributed by atoms with Gasteiger partial charge in [0.25, 0.3) is 0 Å². The maximum Gasteiger partial charge on any atom is 0.231 e. The Hall–Kier alpha value is -4.84. The highest BCUT2D eigenvalue weighted by Gasteiger charge is 2.41. The lowest BCUT2D eigenvalue weighted by molar-refractivity contribution is 0.0281. The Balaban J connectivity index is 1.14. The van der Waals surface area contributed by atoms with Crippen LogP contribution in [0.4, 0.5) is 0 Å². The molecule has 2 N–H and O–H groups in total. The first-order valence-corrected chi connectivity index (χ1v) is 17.4. The maximum atomic E-state index is 11.1. The molecule has 0 amide bonds. The fourth-order valence-corrected chi connectivity index (χ4v) is 6.84. The fraction of sp³-hybridized carbons (Fsp3) is 0.415. The Morgan fingerprint density at radius 2 is 0.981 bits per heavy atom. The maximum absolute atomic E-state index is 11.1. The predicted octanol–water partition coefficient (Wildman–Crippen LogP) is 7.54. The Morgan fingerprint density at radius 1 is 0.538 bits per heavy atom. The van der Waals surface area contributed by atoms with E-state index < -0.39 is 24.4 Å². The van der Waals surface area contributed by atoms with E-state index in [9.17, 15) is 10.2 Å². The summed E-state index contributed by atoms with van der Waals surface area (Å²) >= 11 is 0. The lowest BCUT2D eigenvalue weighted by atomic mass is 9.85. The van der Waals surface area contributed by atoms with Crippen LogP contribution in [0, 0.1) is 11.8 Å². The molecule has 52 heavy (non-hydrogen) atoms. The summed E-state index contributed by atoms with van der Waals surface area (Å²) in [5, 5.41) is 22.2. The lowest BCUT2D eigenvalue weighted by Gasteiger charge is -2.24. The molecule has 2 aliphatic heterocycles. The second-order valence-electron chi connectivity index (χ2n) is 13.3. The third kappa shape index (κ3) is 7.39. The van der Waals surface area contributed by atoms with Crippen molar-refractivity contribution in [3.63, 3.8) is 0 Å². The Morgan fingerprint density at radius 3 is 1.50 bits per heavy atom. The summed E-state index contributed by atoms with van der Waals surface area (Å²) < 4.78 is 52.3. The zero-order chi connectivity index (χ0) is 37.1. The zero-order valence-electron chi connectivity index (χ0n) is 30.8. The van der Waals surface area contributed by atoms with Gasteiger partial charge in [-0.1, -0.05) is 38.1 Å². The Kier molecular flexibility index (Phi) is 11.2. The van der Waals surface area contributed by atoms with Crippen molar-refractivity contribution in [2.45, 2.75) is 64.3 Å². The summed E-state index contributed by atoms with van der Waals surface area (Å²) in [6.45, 7) is 8.14. The minimum absolute atomic E-state index is 0.164. The molecular formula is C41H48O11. The molecule has 0 saturated carbocycles. The van der Waals surface area contributed by atoms with Crippen molar-refractivity contribution in [3.05, 3.63) is 95.1 Å². The Labute approximate surface area is 304 Å². The van der Waals surface area contributed by atoms with Crippen LogP contribution >= 0.6 is 0 Å². The van der Waals surface area contributed by atoms with Gasteiger partial charge in [0.05, 0.1) is 40.6 Å². The molecule has 278 valence electrons. The van der Waals surface area contributed by atoms with Gasteiger partial charge in [0.2, 0.25) is 6.79 Å². The van der Waals surface area contributed by atoms with Gasteiger partial charge in [-0.15, -0.1) is 0 Å². The predicted molar refractivity (Wildman–Crippen MR) is 193 cm³/mol. The smallest absolute Gasteiger partial charge is 0.231 e. The van der Waals surface area contributed by atoms with Gasteiger partial charge >= 0.3 is 0 Å². The van der Waals surface area contributed by atoms with Crippen molar-refractivity contribution in [1.82, 2.24) is 0 Å². The van der Waals surface area contributed by atoms with Crippen LogP contribution < -0.4 is 37.9 Å². The van der Waals surface area contributed by atoms with Gasteiger partial charge in [-0.3, -0.25) is 0 Å². The van der Waals surface area contributed by atoms with E-state index in [4.69, 9.17) is 42.6 Å². The highest BCUT2D eigenvalue weighted by molar-refractivity contribution is 5.48. The van der Waals surface area contributed by atoms with Gasteiger partial charge in [-0.05, 0) is 96.5 Å². The van der Waals surface area contributed by atoms with Crippen LogP contribution in [0.3, 0.4) is 0 Å². The molecule has 8 atom stereocenters. The van der Waals surface area contributed by atoms with E-state index in [1.807, 2.05) is 43.3 Å². The highest BCUT2D eigenvalue weighted by atomic mass is 16.7. The number of hydrogen-bond donors (Lipinski definition) is 2. The second kappa shape index (κ2) is 15.8. The summed E-state index contributed by atoms with van der Waals surface area (Å²) in [6.07, 6.45) is -3.43. The van der Waals surface area contributed by atoms with Crippen LogP contribution in [0.15, 0.2) is 72.8 Å². The molecule has 1 saturated heterocycles.